The van der Waals surface area contributed by atoms with Crippen molar-refractivity contribution in [1.82, 2.24) is 0 Å². The zero-order chi connectivity index (χ0) is 21.7. The van der Waals surface area contributed by atoms with Crippen molar-refractivity contribution in [2.75, 3.05) is 11.9 Å². The first-order valence-corrected chi connectivity index (χ1v) is 11.5. The van der Waals surface area contributed by atoms with Crippen LogP contribution in [0, 0.1) is 0 Å². The minimum Gasteiger partial charge on any atom is -0.462 e. The molecule has 2 aromatic heterocycles. The molecule has 0 bridgehead atoms. The fraction of sp³-hybridized carbons (Fsp3) is 0.250. The van der Waals surface area contributed by atoms with E-state index in [1.807, 2.05) is 35.0 Å². The summed E-state index contributed by atoms with van der Waals surface area (Å²) in [5.74, 6) is -0.725. The highest BCUT2D eigenvalue weighted by Crippen LogP contribution is 2.37. The van der Waals surface area contributed by atoms with Gasteiger partial charge in [-0.1, -0.05) is 51.1 Å². The van der Waals surface area contributed by atoms with Crippen molar-refractivity contribution in [2.45, 2.75) is 33.1 Å². The fourth-order valence-electron chi connectivity index (χ4n) is 2.92. The lowest BCUT2D eigenvalue weighted by atomic mass is 9.86. The molecule has 0 fully saturated rings. The van der Waals surface area contributed by atoms with Gasteiger partial charge in [0.15, 0.2) is 0 Å². The number of anilines is 1. The average Bonchev–Trinajstić information content (AvgIpc) is 3.36. The van der Waals surface area contributed by atoms with Gasteiger partial charge in [-0.05, 0) is 41.0 Å². The molecule has 3 rings (SSSR count). The highest BCUT2D eigenvalue weighted by atomic mass is 32.1. The number of amides is 1. The first-order chi connectivity index (χ1) is 14.3. The van der Waals surface area contributed by atoms with E-state index in [9.17, 15) is 9.59 Å². The van der Waals surface area contributed by atoms with Crippen LogP contribution in [0.3, 0.4) is 0 Å². The van der Waals surface area contributed by atoms with Crippen molar-refractivity contribution in [2.24, 2.45) is 0 Å². The van der Waals surface area contributed by atoms with E-state index in [1.54, 1.807) is 24.3 Å². The smallest absolute Gasteiger partial charge is 0.341 e. The molecule has 6 heteroatoms. The molecule has 3 aromatic rings. The van der Waals surface area contributed by atoms with Crippen molar-refractivity contribution in [3.05, 3.63) is 69.2 Å². The highest BCUT2D eigenvalue weighted by Gasteiger charge is 2.23. The lowest BCUT2D eigenvalue weighted by Gasteiger charge is -2.19. The summed E-state index contributed by atoms with van der Waals surface area (Å²) in [6.45, 7) is 8.52. The Labute approximate surface area is 185 Å². The molecule has 0 saturated carbocycles. The van der Waals surface area contributed by atoms with Gasteiger partial charge in [0.2, 0.25) is 5.91 Å². The Morgan fingerprint density at radius 3 is 2.43 bits per heavy atom. The van der Waals surface area contributed by atoms with Gasteiger partial charge in [-0.25, -0.2) is 4.79 Å². The number of rotatable bonds is 6. The van der Waals surface area contributed by atoms with Crippen molar-refractivity contribution >= 4 is 45.6 Å². The molecule has 0 unspecified atom stereocenters. The Kier molecular flexibility index (Phi) is 6.90. The molecule has 156 valence electrons. The molecule has 0 radical (unpaired) electrons. The maximum atomic E-state index is 12.7. The largest absolute Gasteiger partial charge is 0.462 e. The second-order valence-corrected chi connectivity index (χ2v) is 9.60. The van der Waals surface area contributed by atoms with Gasteiger partial charge in [0.05, 0.1) is 6.61 Å². The summed E-state index contributed by atoms with van der Waals surface area (Å²) in [5.41, 5.74) is 3.33. The topological polar surface area (TPSA) is 55.4 Å². The molecular formula is C24H25NO3S2. The number of nitrogens with one attached hydrogen (secondary N) is 1. The molecule has 2 heterocycles. The third kappa shape index (κ3) is 5.26. The summed E-state index contributed by atoms with van der Waals surface area (Å²) < 4.78 is 5.27. The SMILES string of the molecule is CCOC(=O)c1c(-c2ccc(C(C)(C)C)cc2)csc1NC(=O)/C=C/c1cccs1. The Morgan fingerprint density at radius 1 is 1.10 bits per heavy atom. The van der Waals surface area contributed by atoms with E-state index >= 15 is 0 Å². The van der Waals surface area contributed by atoms with Crippen LogP contribution in [0.1, 0.15) is 48.5 Å². The van der Waals surface area contributed by atoms with Crippen LogP contribution >= 0.6 is 22.7 Å². The van der Waals surface area contributed by atoms with E-state index in [2.05, 4.69) is 38.2 Å². The van der Waals surface area contributed by atoms with Crippen molar-refractivity contribution in [3.8, 4) is 11.1 Å². The van der Waals surface area contributed by atoms with Crippen LogP contribution in [0.15, 0.2) is 53.2 Å². The van der Waals surface area contributed by atoms with Gasteiger partial charge >= 0.3 is 5.97 Å². The Hall–Kier alpha value is -2.70. The van der Waals surface area contributed by atoms with Crippen LogP contribution in [-0.2, 0) is 14.9 Å². The van der Waals surface area contributed by atoms with Gasteiger partial charge in [0.25, 0.3) is 0 Å². The van der Waals surface area contributed by atoms with Crippen LogP contribution in [0.25, 0.3) is 17.2 Å². The standard InChI is InChI=1S/C24H25NO3S2/c1-5-28-23(27)21-19(16-8-10-17(11-9-16)24(2,3)4)15-30-22(21)25-20(26)13-12-18-7-6-14-29-18/h6-15H,5H2,1-4H3,(H,25,26)/b13-12+. The predicted molar refractivity (Wildman–Crippen MR) is 126 cm³/mol. The molecule has 1 N–H and O–H groups in total. The third-order valence-electron chi connectivity index (χ3n) is 4.51. The molecule has 0 spiro atoms. The molecule has 1 amide bonds. The minimum atomic E-state index is -0.439. The lowest BCUT2D eigenvalue weighted by Crippen LogP contribution is -2.12. The second kappa shape index (κ2) is 9.41. The summed E-state index contributed by atoms with van der Waals surface area (Å²) in [5, 5.41) is 7.16. The molecule has 4 nitrogen and oxygen atoms in total. The predicted octanol–water partition coefficient (Wildman–Crippen LogP) is 6.60. The zero-order valence-corrected chi connectivity index (χ0v) is 19.2. The Morgan fingerprint density at radius 2 is 1.83 bits per heavy atom. The maximum absolute atomic E-state index is 12.7. The Bertz CT molecular complexity index is 1040. The quantitative estimate of drug-likeness (QED) is 0.348. The fourth-order valence-corrected chi connectivity index (χ4v) is 4.49. The normalized spacial score (nSPS) is 11.6. The first kappa shape index (κ1) is 22.0. The monoisotopic (exact) mass is 439 g/mol. The molecule has 0 aliphatic carbocycles. The van der Waals surface area contributed by atoms with Crippen LogP contribution in [0.4, 0.5) is 5.00 Å². The summed E-state index contributed by atoms with van der Waals surface area (Å²) >= 11 is 2.87. The number of benzene rings is 1. The summed E-state index contributed by atoms with van der Waals surface area (Å²) in [6.07, 6.45) is 3.22. The van der Waals surface area contributed by atoms with E-state index in [0.717, 1.165) is 16.0 Å². The minimum absolute atomic E-state index is 0.0468. The molecular weight excluding hydrogens is 414 g/mol. The zero-order valence-electron chi connectivity index (χ0n) is 17.5. The van der Waals surface area contributed by atoms with Gasteiger partial charge in [-0.3, -0.25) is 4.79 Å². The first-order valence-electron chi connectivity index (χ1n) is 9.71. The molecule has 0 saturated heterocycles. The average molecular weight is 440 g/mol. The van der Waals surface area contributed by atoms with E-state index in [4.69, 9.17) is 4.74 Å². The molecule has 1 aromatic carbocycles. The van der Waals surface area contributed by atoms with Gasteiger partial charge in [0.1, 0.15) is 10.6 Å². The highest BCUT2D eigenvalue weighted by molar-refractivity contribution is 7.15. The lowest BCUT2D eigenvalue weighted by molar-refractivity contribution is -0.111. The maximum Gasteiger partial charge on any atom is 0.341 e. The van der Waals surface area contributed by atoms with Crippen LogP contribution in [0.5, 0.6) is 0 Å². The number of hydrogen-bond donors (Lipinski definition) is 1. The van der Waals surface area contributed by atoms with Gasteiger partial charge in [-0.2, -0.15) is 0 Å². The van der Waals surface area contributed by atoms with E-state index in [-0.39, 0.29) is 17.9 Å². The summed E-state index contributed by atoms with van der Waals surface area (Å²) in [6, 6.07) is 12.0. The number of thiophene rings is 2. The number of hydrogen-bond acceptors (Lipinski definition) is 5. The van der Waals surface area contributed by atoms with Crippen LogP contribution in [0.2, 0.25) is 0 Å². The van der Waals surface area contributed by atoms with Crippen LogP contribution in [-0.4, -0.2) is 18.5 Å². The second-order valence-electron chi connectivity index (χ2n) is 7.74. The van der Waals surface area contributed by atoms with Crippen molar-refractivity contribution in [3.63, 3.8) is 0 Å². The van der Waals surface area contributed by atoms with Gasteiger partial charge in [-0.15, -0.1) is 22.7 Å². The summed E-state index contributed by atoms with van der Waals surface area (Å²) in [7, 11) is 0. The third-order valence-corrected chi connectivity index (χ3v) is 6.24. The van der Waals surface area contributed by atoms with Crippen molar-refractivity contribution in [1.29, 1.82) is 0 Å². The van der Waals surface area contributed by atoms with Gasteiger partial charge < -0.3 is 10.1 Å². The molecule has 0 atom stereocenters. The van der Waals surface area contributed by atoms with E-state index in [0.29, 0.717) is 10.6 Å². The Balaban J connectivity index is 1.90. The van der Waals surface area contributed by atoms with E-state index < -0.39 is 5.97 Å². The number of ether oxygens (including phenoxy) is 1. The van der Waals surface area contributed by atoms with E-state index in [1.165, 1.54) is 23.0 Å². The van der Waals surface area contributed by atoms with Crippen LogP contribution < -0.4 is 5.32 Å². The molecule has 0 aliphatic rings. The number of carbonyl (C=O) groups excluding carboxylic acids is 2. The molecule has 0 aliphatic heterocycles. The molecule has 30 heavy (non-hydrogen) atoms. The summed E-state index contributed by atoms with van der Waals surface area (Å²) in [4.78, 5) is 26.1. The number of carbonyl (C=O) groups is 2. The van der Waals surface area contributed by atoms with Gasteiger partial charge in [0, 0.05) is 21.9 Å². The van der Waals surface area contributed by atoms with Crippen molar-refractivity contribution < 1.29 is 14.3 Å². The number of esters is 1.